The number of carbonyl (C=O) groups excluding carboxylic acids is 1. The number of halogens is 6. The summed E-state index contributed by atoms with van der Waals surface area (Å²) in [6, 6.07) is 13.7. The lowest BCUT2D eigenvalue weighted by atomic mass is 10.0. The zero-order valence-electron chi connectivity index (χ0n) is 29.2. The van der Waals surface area contributed by atoms with E-state index in [0.29, 0.717) is 75.3 Å². The van der Waals surface area contributed by atoms with E-state index in [4.69, 9.17) is 19.9 Å². The molecule has 0 radical (unpaired) electrons. The van der Waals surface area contributed by atoms with Gasteiger partial charge in [0.25, 0.3) is 0 Å². The van der Waals surface area contributed by atoms with Gasteiger partial charge in [-0.05, 0) is 38.1 Å². The SMILES string of the molecule is CCOC(=O)c1c(C)nc2c(N3CCOCC3)cc(-c3ccccc3C(F)(F)F)nn12.Nc1nnc(-c2ccccc2C(F)(F)F)cc1N1CCOCC1. The highest BCUT2D eigenvalue weighted by molar-refractivity contribution is 5.91. The molecule has 0 spiro atoms. The van der Waals surface area contributed by atoms with Crippen LogP contribution in [0.25, 0.3) is 28.2 Å². The van der Waals surface area contributed by atoms with Gasteiger partial charge in [0.2, 0.25) is 0 Å². The number of aryl methyl sites for hydroxylation is 1. The average molecular weight is 759 g/mol. The van der Waals surface area contributed by atoms with Crippen molar-refractivity contribution in [1.29, 1.82) is 0 Å². The van der Waals surface area contributed by atoms with Crippen LogP contribution in [0.1, 0.15) is 34.2 Å². The van der Waals surface area contributed by atoms with Crippen LogP contribution in [0.5, 0.6) is 0 Å². The van der Waals surface area contributed by atoms with E-state index in [-0.39, 0.29) is 40.6 Å². The number of hydrogen-bond donors (Lipinski definition) is 1. The second-order valence-electron chi connectivity index (χ2n) is 12.2. The minimum Gasteiger partial charge on any atom is -0.461 e. The predicted molar refractivity (Wildman–Crippen MR) is 187 cm³/mol. The lowest BCUT2D eigenvalue weighted by molar-refractivity contribution is -0.137. The molecule has 2 aromatic carbocycles. The van der Waals surface area contributed by atoms with Gasteiger partial charge in [-0.2, -0.15) is 31.4 Å². The molecule has 18 heteroatoms. The van der Waals surface area contributed by atoms with Crippen molar-refractivity contribution < 1.29 is 45.3 Å². The number of aromatic nitrogens is 5. The van der Waals surface area contributed by atoms with Gasteiger partial charge in [-0.3, -0.25) is 0 Å². The Hall–Kier alpha value is -5.49. The Bertz CT molecular complexity index is 2110. The molecule has 54 heavy (non-hydrogen) atoms. The minimum absolute atomic E-state index is 0.0120. The van der Waals surface area contributed by atoms with Crippen molar-refractivity contribution in [2.24, 2.45) is 0 Å². The molecule has 0 unspecified atom stereocenters. The Morgan fingerprint density at radius 3 is 1.81 bits per heavy atom. The van der Waals surface area contributed by atoms with Crippen LogP contribution in [0.15, 0.2) is 60.7 Å². The first-order valence-electron chi connectivity index (χ1n) is 17.0. The zero-order valence-corrected chi connectivity index (χ0v) is 29.2. The molecule has 0 saturated carbocycles. The summed E-state index contributed by atoms with van der Waals surface area (Å²) in [5.74, 6) is -0.436. The second kappa shape index (κ2) is 15.9. The number of carbonyl (C=O) groups is 1. The van der Waals surface area contributed by atoms with Crippen LogP contribution >= 0.6 is 0 Å². The zero-order chi connectivity index (χ0) is 38.6. The fourth-order valence-corrected chi connectivity index (χ4v) is 6.20. The second-order valence-corrected chi connectivity index (χ2v) is 12.2. The third-order valence-corrected chi connectivity index (χ3v) is 8.73. The summed E-state index contributed by atoms with van der Waals surface area (Å²) in [7, 11) is 0. The number of hydrogen-bond acceptors (Lipinski definition) is 11. The summed E-state index contributed by atoms with van der Waals surface area (Å²) in [6.07, 6.45) is -9.01. The summed E-state index contributed by atoms with van der Waals surface area (Å²) < 4.78 is 97.6. The third kappa shape index (κ3) is 8.18. The first-order chi connectivity index (χ1) is 25.8. The van der Waals surface area contributed by atoms with Crippen molar-refractivity contribution in [3.63, 3.8) is 0 Å². The first kappa shape index (κ1) is 38.2. The van der Waals surface area contributed by atoms with Crippen molar-refractivity contribution >= 4 is 28.8 Å². The van der Waals surface area contributed by atoms with E-state index in [2.05, 4.69) is 20.3 Å². The number of nitrogen functional groups attached to an aromatic ring is 1. The minimum atomic E-state index is -4.55. The van der Waals surface area contributed by atoms with Crippen LogP contribution in [-0.4, -0.2) is 90.0 Å². The predicted octanol–water partition coefficient (Wildman–Crippen LogP) is 6.32. The third-order valence-electron chi connectivity index (χ3n) is 8.73. The largest absolute Gasteiger partial charge is 0.461 e. The van der Waals surface area contributed by atoms with Crippen LogP contribution in [0.3, 0.4) is 0 Å². The number of imidazole rings is 1. The van der Waals surface area contributed by atoms with Crippen LogP contribution in [0.2, 0.25) is 0 Å². The summed E-state index contributed by atoms with van der Waals surface area (Å²) in [5.41, 5.74) is 6.48. The molecule has 7 rings (SSSR count). The fraction of sp³-hybridized carbons (Fsp3) is 0.361. The lowest BCUT2D eigenvalue weighted by Gasteiger charge is -2.29. The Morgan fingerprint density at radius 2 is 1.28 bits per heavy atom. The highest BCUT2D eigenvalue weighted by atomic mass is 19.4. The van der Waals surface area contributed by atoms with Crippen LogP contribution in [0.4, 0.5) is 43.5 Å². The summed E-state index contributed by atoms with van der Waals surface area (Å²) >= 11 is 0. The van der Waals surface area contributed by atoms with Gasteiger partial charge in [0.1, 0.15) is 0 Å². The number of fused-ring (bicyclic) bond motifs is 1. The molecular formula is C36H36F6N8O4. The number of morpholine rings is 2. The average Bonchev–Trinajstić information content (AvgIpc) is 3.50. The van der Waals surface area contributed by atoms with E-state index >= 15 is 0 Å². The van der Waals surface area contributed by atoms with Gasteiger partial charge < -0.3 is 29.7 Å². The van der Waals surface area contributed by atoms with Crippen molar-refractivity contribution in [1.82, 2.24) is 24.8 Å². The number of esters is 1. The Morgan fingerprint density at radius 1 is 0.778 bits per heavy atom. The van der Waals surface area contributed by atoms with Crippen molar-refractivity contribution in [3.05, 3.63) is 83.2 Å². The normalized spacial score (nSPS) is 15.2. The number of alkyl halides is 6. The number of anilines is 3. The molecule has 0 bridgehead atoms. The van der Waals surface area contributed by atoms with Crippen molar-refractivity contribution in [2.45, 2.75) is 26.2 Å². The molecule has 2 N–H and O–H groups in total. The number of rotatable bonds is 6. The highest BCUT2D eigenvalue weighted by Crippen LogP contribution is 2.39. The molecule has 0 aliphatic carbocycles. The number of nitrogens with two attached hydrogens (primary N) is 1. The van der Waals surface area contributed by atoms with E-state index in [0.717, 1.165) is 12.1 Å². The standard InChI is InChI=1S/C21H21F3N4O3.C15H15F3N4O/c1-3-31-20(29)18-13(2)25-19-17(27-8-10-30-11-9-27)12-16(26-28(18)19)14-6-4-5-7-15(14)21(22,23)24;16-15(17,18)11-4-2-1-3-10(11)12-9-13(14(19)21-20-12)22-5-7-23-8-6-22/h4-7,12H,3,8-11H2,1-2H3;1-4,9H,5-8H2,(H2,19,21). The molecule has 2 aliphatic heterocycles. The molecule has 3 aromatic heterocycles. The maximum Gasteiger partial charge on any atom is 0.417 e. The quantitative estimate of drug-likeness (QED) is 0.154. The number of benzene rings is 2. The Labute approximate surface area is 305 Å². The molecule has 12 nitrogen and oxygen atoms in total. The molecule has 2 aliphatic rings. The summed E-state index contributed by atoms with van der Waals surface area (Å²) in [5, 5.41) is 12.1. The van der Waals surface area contributed by atoms with E-state index in [9.17, 15) is 31.1 Å². The lowest BCUT2D eigenvalue weighted by Crippen LogP contribution is -2.36. The van der Waals surface area contributed by atoms with Gasteiger partial charge in [0.15, 0.2) is 17.2 Å². The summed E-state index contributed by atoms with van der Waals surface area (Å²) in [6.45, 7) is 7.81. The number of nitrogens with zero attached hydrogens (tertiary/aromatic N) is 7. The molecule has 2 fully saturated rings. The maximum atomic E-state index is 13.7. The first-order valence-corrected chi connectivity index (χ1v) is 17.0. The van der Waals surface area contributed by atoms with Gasteiger partial charge >= 0.3 is 18.3 Å². The molecule has 286 valence electrons. The van der Waals surface area contributed by atoms with Gasteiger partial charge in [0.05, 0.1) is 72.6 Å². The van der Waals surface area contributed by atoms with E-state index in [1.54, 1.807) is 26.0 Å². The number of ether oxygens (including phenoxy) is 3. The van der Waals surface area contributed by atoms with Crippen molar-refractivity contribution in [2.75, 3.05) is 74.7 Å². The van der Waals surface area contributed by atoms with Gasteiger partial charge in [-0.25, -0.2) is 14.3 Å². The fourth-order valence-electron chi connectivity index (χ4n) is 6.20. The van der Waals surface area contributed by atoms with Crippen LogP contribution < -0.4 is 15.5 Å². The Kier molecular flexibility index (Phi) is 11.2. The summed E-state index contributed by atoms with van der Waals surface area (Å²) in [4.78, 5) is 21.0. The van der Waals surface area contributed by atoms with Crippen LogP contribution in [-0.2, 0) is 26.6 Å². The smallest absolute Gasteiger partial charge is 0.417 e. The van der Waals surface area contributed by atoms with E-state index < -0.39 is 29.4 Å². The topological polar surface area (TPSA) is 133 Å². The van der Waals surface area contributed by atoms with Crippen molar-refractivity contribution in [3.8, 4) is 22.5 Å². The van der Waals surface area contributed by atoms with Gasteiger partial charge in [-0.15, -0.1) is 10.2 Å². The van der Waals surface area contributed by atoms with E-state index in [1.165, 1.54) is 40.9 Å². The van der Waals surface area contributed by atoms with Gasteiger partial charge in [-0.1, -0.05) is 36.4 Å². The molecule has 5 aromatic rings. The van der Waals surface area contributed by atoms with Crippen LogP contribution in [0, 0.1) is 6.92 Å². The molecule has 2 saturated heterocycles. The monoisotopic (exact) mass is 758 g/mol. The molecule has 5 heterocycles. The van der Waals surface area contributed by atoms with E-state index in [1.807, 2.05) is 9.80 Å². The Balaban J connectivity index is 0.000000193. The van der Waals surface area contributed by atoms with Gasteiger partial charge in [0, 0.05) is 37.3 Å². The molecule has 0 atom stereocenters. The highest BCUT2D eigenvalue weighted by Gasteiger charge is 2.35. The molecule has 0 amide bonds. The molecular weight excluding hydrogens is 722 g/mol. The maximum absolute atomic E-state index is 13.7.